The minimum Gasteiger partial charge on any atom is -0.378 e. The third-order valence-electron chi connectivity index (χ3n) is 3.05. The summed E-state index contributed by atoms with van der Waals surface area (Å²) in [5.41, 5.74) is 0. The predicted molar refractivity (Wildman–Crippen MR) is 44.5 cm³/mol. The zero-order valence-corrected chi connectivity index (χ0v) is 7.18. The van der Waals surface area contributed by atoms with Gasteiger partial charge in [0.25, 0.3) is 0 Å². The third kappa shape index (κ3) is 1.42. The highest BCUT2D eigenvalue weighted by atomic mass is 16.5. The summed E-state index contributed by atoms with van der Waals surface area (Å²) in [6.45, 7) is 4.40. The highest BCUT2D eigenvalue weighted by Gasteiger charge is 2.32. The molecule has 0 spiro atoms. The second-order valence-corrected chi connectivity index (χ2v) is 3.73. The van der Waals surface area contributed by atoms with E-state index in [0.29, 0.717) is 6.10 Å². The van der Waals surface area contributed by atoms with E-state index >= 15 is 0 Å². The maximum Gasteiger partial charge on any atom is 0.0590 e. The molecule has 0 aromatic carbocycles. The molecule has 0 bridgehead atoms. The van der Waals surface area contributed by atoms with E-state index in [4.69, 9.17) is 4.74 Å². The van der Waals surface area contributed by atoms with Crippen LogP contribution in [0.5, 0.6) is 0 Å². The smallest absolute Gasteiger partial charge is 0.0590 e. The highest BCUT2D eigenvalue weighted by Crippen LogP contribution is 2.27. The van der Waals surface area contributed by atoms with E-state index in [1.165, 1.54) is 25.8 Å². The predicted octanol–water partition coefficient (Wildman–Crippen LogP) is 1.16. The van der Waals surface area contributed by atoms with E-state index < -0.39 is 0 Å². The molecule has 0 saturated carbocycles. The largest absolute Gasteiger partial charge is 0.378 e. The summed E-state index contributed by atoms with van der Waals surface area (Å²) >= 11 is 0. The molecule has 11 heavy (non-hydrogen) atoms. The van der Waals surface area contributed by atoms with Gasteiger partial charge in [-0.3, -0.25) is 0 Å². The monoisotopic (exact) mass is 155 g/mol. The van der Waals surface area contributed by atoms with Crippen LogP contribution in [0, 0.1) is 5.92 Å². The first kappa shape index (κ1) is 7.56. The molecule has 0 radical (unpaired) electrons. The normalized spacial score (nSPS) is 45.0. The van der Waals surface area contributed by atoms with Crippen molar-refractivity contribution in [1.29, 1.82) is 0 Å². The molecule has 2 fully saturated rings. The zero-order valence-electron chi connectivity index (χ0n) is 7.18. The maximum atomic E-state index is 5.54. The number of hydrogen-bond donors (Lipinski definition) is 1. The fraction of sp³-hybridized carbons (Fsp3) is 1.00. The van der Waals surface area contributed by atoms with Crippen molar-refractivity contribution in [3.8, 4) is 0 Å². The summed E-state index contributed by atoms with van der Waals surface area (Å²) in [7, 11) is 0. The third-order valence-corrected chi connectivity index (χ3v) is 3.05. The van der Waals surface area contributed by atoms with Gasteiger partial charge in [-0.2, -0.15) is 0 Å². The molecular formula is C9H17NO. The number of nitrogens with one attached hydrogen (secondary N) is 1. The lowest BCUT2D eigenvalue weighted by molar-refractivity contribution is 0.0975. The van der Waals surface area contributed by atoms with E-state index in [0.717, 1.165) is 18.6 Å². The molecule has 64 valence electrons. The van der Waals surface area contributed by atoms with Crippen LogP contribution in [0.25, 0.3) is 0 Å². The lowest BCUT2D eigenvalue weighted by Crippen LogP contribution is -2.34. The van der Waals surface area contributed by atoms with E-state index in [1.807, 2.05) is 0 Å². The zero-order chi connectivity index (χ0) is 7.68. The first-order valence-electron chi connectivity index (χ1n) is 4.73. The van der Waals surface area contributed by atoms with Gasteiger partial charge < -0.3 is 10.1 Å². The average Bonchev–Trinajstić information content (AvgIpc) is 2.55. The molecule has 3 atom stereocenters. The quantitative estimate of drug-likeness (QED) is 0.613. The van der Waals surface area contributed by atoms with Crippen LogP contribution in [-0.4, -0.2) is 25.3 Å². The summed E-state index contributed by atoms with van der Waals surface area (Å²) < 4.78 is 5.54. The van der Waals surface area contributed by atoms with Crippen LogP contribution >= 0.6 is 0 Å². The van der Waals surface area contributed by atoms with Gasteiger partial charge >= 0.3 is 0 Å². The van der Waals surface area contributed by atoms with Gasteiger partial charge in [-0.1, -0.05) is 0 Å². The molecule has 0 aliphatic carbocycles. The van der Waals surface area contributed by atoms with Gasteiger partial charge in [0.15, 0.2) is 0 Å². The lowest BCUT2D eigenvalue weighted by atomic mass is 9.93. The van der Waals surface area contributed by atoms with Crippen LogP contribution in [-0.2, 0) is 4.74 Å². The Labute approximate surface area is 68.3 Å². The molecule has 3 unspecified atom stereocenters. The van der Waals surface area contributed by atoms with Crippen molar-refractivity contribution in [1.82, 2.24) is 5.32 Å². The number of ether oxygens (including phenoxy) is 1. The minimum atomic E-state index is 0.491. The molecule has 2 heterocycles. The van der Waals surface area contributed by atoms with E-state index in [9.17, 15) is 0 Å². The lowest BCUT2D eigenvalue weighted by Gasteiger charge is -2.21. The molecule has 1 N–H and O–H groups in total. The fourth-order valence-corrected chi connectivity index (χ4v) is 2.35. The molecule has 2 nitrogen and oxygen atoms in total. The molecule has 2 saturated heterocycles. The standard InChI is InChI=1S/C9H17NO/c1-7-8(4-6-11-7)9-3-2-5-10-9/h7-10H,2-6H2,1H3. The molecule has 0 aromatic rings. The molecular weight excluding hydrogens is 138 g/mol. The summed E-state index contributed by atoms with van der Waals surface area (Å²) in [6, 6.07) is 0.757. The Kier molecular flexibility index (Phi) is 2.14. The first-order valence-corrected chi connectivity index (χ1v) is 4.73. The maximum absolute atomic E-state index is 5.54. The summed E-state index contributed by atoms with van der Waals surface area (Å²) in [4.78, 5) is 0. The Balaban J connectivity index is 1.92. The van der Waals surface area contributed by atoms with Crippen molar-refractivity contribution in [3.63, 3.8) is 0 Å². The van der Waals surface area contributed by atoms with Gasteiger partial charge in [-0.25, -0.2) is 0 Å². The second-order valence-electron chi connectivity index (χ2n) is 3.73. The number of hydrogen-bond acceptors (Lipinski definition) is 2. The van der Waals surface area contributed by atoms with Crippen LogP contribution < -0.4 is 5.32 Å². The SMILES string of the molecule is CC1OCCC1C1CCCN1. The van der Waals surface area contributed by atoms with Crippen molar-refractivity contribution >= 4 is 0 Å². The van der Waals surface area contributed by atoms with Crippen LogP contribution in [0.2, 0.25) is 0 Å². The molecule has 2 aliphatic heterocycles. The summed E-state index contributed by atoms with van der Waals surface area (Å²) in [5, 5.41) is 3.55. The van der Waals surface area contributed by atoms with Crippen molar-refractivity contribution in [2.24, 2.45) is 5.92 Å². The van der Waals surface area contributed by atoms with Gasteiger partial charge in [0.1, 0.15) is 0 Å². The molecule has 0 amide bonds. The van der Waals surface area contributed by atoms with Gasteiger partial charge in [0, 0.05) is 18.6 Å². The average molecular weight is 155 g/mol. The Morgan fingerprint density at radius 2 is 2.27 bits per heavy atom. The van der Waals surface area contributed by atoms with Crippen LogP contribution in [0.4, 0.5) is 0 Å². The van der Waals surface area contributed by atoms with Gasteiger partial charge in [-0.05, 0) is 32.7 Å². The van der Waals surface area contributed by atoms with Crippen LogP contribution in [0.3, 0.4) is 0 Å². The van der Waals surface area contributed by atoms with Crippen molar-refractivity contribution < 1.29 is 4.74 Å². The van der Waals surface area contributed by atoms with Gasteiger partial charge in [-0.15, -0.1) is 0 Å². The van der Waals surface area contributed by atoms with Crippen molar-refractivity contribution in [2.45, 2.75) is 38.3 Å². The Morgan fingerprint density at radius 3 is 2.82 bits per heavy atom. The molecule has 2 aliphatic rings. The van der Waals surface area contributed by atoms with Crippen LogP contribution in [0.1, 0.15) is 26.2 Å². The van der Waals surface area contributed by atoms with E-state index in [1.54, 1.807) is 0 Å². The van der Waals surface area contributed by atoms with Crippen molar-refractivity contribution in [3.05, 3.63) is 0 Å². The van der Waals surface area contributed by atoms with Gasteiger partial charge in [0.2, 0.25) is 0 Å². The molecule has 0 aromatic heterocycles. The summed E-state index contributed by atoms with van der Waals surface area (Å²) in [6.07, 6.45) is 4.47. The van der Waals surface area contributed by atoms with Gasteiger partial charge in [0.05, 0.1) is 6.10 Å². The number of rotatable bonds is 1. The van der Waals surface area contributed by atoms with E-state index in [2.05, 4.69) is 12.2 Å². The Hall–Kier alpha value is -0.0800. The Morgan fingerprint density at radius 1 is 1.36 bits per heavy atom. The van der Waals surface area contributed by atoms with Crippen molar-refractivity contribution in [2.75, 3.05) is 13.2 Å². The fourth-order valence-electron chi connectivity index (χ4n) is 2.35. The molecule has 2 heteroatoms. The topological polar surface area (TPSA) is 21.3 Å². The van der Waals surface area contributed by atoms with Crippen LogP contribution in [0.15, 0.2) is 0 Å². The second kappa shape index (κ2) is 3.11. The molecule has 2 rings (SSSR count). The summed E-state index contributed by atoms with van der Waals surface area (Å²) in [5.74, 6) is 0.789. The first-order chi connectivity index (χ1) is 5.38. The minimum absolute atomic E-state index is 0.491. The highest BCUT2D eigenvalue weighted by molar-refractivity contribution is 4.87. The van der Waals surface area contributed by atoms with E-state index in [-0.39, 0.29) is 0 Å². The Bertz CT molecular complexity index is 132.